The van der Waals surface area contributed by atoms with Gasteiger partial charge >= 0.3 is 5.97 Å². The van der Waals surface area contributed by atoms with Crippen molar-refractivity contribution < 1.29 is 19.1 Å². The van der Waals surface area contributed by atoms with Gasteiger partial charge in [-0.25, -0.2) is 4.39 Å². The molecule has 1 saturated heterocycles. The fourth-order valence-corrected chi connectivity index (χ4v) is 3.49. The first-order valence-corrected chi connectivity index (χ1v) is 7.78. The molecule has 0 aromatic heterocycles. The third-order valence-corrected chi connectivity index (χ3v) is 5.01. The molecule has 0 spiro atoms. The van der Waals surface area contributed by atoms with Crippen LogP contribution in [-0.4, -0.2) is 35.0 Å². The van der Waals surface area contributed by atoms with Gasteiger partial charge in [-0.05, 0) is 36.8 Å². The number of carbonyl (C=O) groups is 2. The number of amides is 1. The zero-order chi connectivity index (χ0) is 15.9. The minimum atomic E-state index is -0.851. The molecule has 0 radical (unpaired) electrons. The van der Waals surface area contributed by atoms with Crippen LogP contribution in [0.2, 0.25) is 5.02 Å². The van der Waals surface area contributed by atoms with Crippen molar-refractivity contribution in [3.63, 3.8) is 0 Å². The Morgan fingerprint density at radius 2 is 2.05 bits per heavy atom. The zero-order valence-electron chi connectivity index (χ0n) is 12.0. The molecule has 3 rings (SSSR count). The quantitative estimate of drug-likeness (QED) is 0.925. The number of carbonyl (C=O) groups excluding carboxylic acids is 1. The summed E-state index contributed by atoms with van der Waals surface area (Å²) in [5, 5.41) is 9.54. The first-order chi connectivity index (χ1) is 10.5. The predicted molar refractivity (Wildman–Crippen MR) is 79.0 cm³/mol. The molecule has 6 heteroatoms. The molecule has 0 unspecified atom stereocenters. The summed E-state index contributed by atoms with van der Waals surface area (Å²) in [5.41, 5.74) is 0.177. The van der Waals surface area contributed by atoms with Crippen LogP contribution >= 0.6 is 11.6 Å². The van der Waals surface area contributed by atoms with E-state index in [1.54, 1.807) is 11.0 Å². The minimum absolute atomic E-state index is 0.0255. The Kier molecular flexibility index (Phi) is 4.08. The van der Waals surface area contributed by atoms with Gasteiger partial charge in [0.25, 0.3) is 0 Å². The first-order valence-electron chi connectivity index (χ1n) is 7.41. The van der Waals surface area contributed by atoms with Crippen molar-refractivity contribution in [3.8, 4) is 0 Å². The van der Waals surface area contributed by atoms with E-state index in [0.29, 0.717) is 12.5 Å². The lowest BCUT2D eigenvalue weighted by Gasteiger charge is -2.17. The van der Waals surface area contributed by atoms with E-state index in [0.717, 1.165) is 12.8 Å². The Balaban J connectivity index is 1.72. The lowest BCUT2D eigenvalue weighted by molar-refractivity contribution is -0.142. The van der Waals surface area contributed by atoms with Crippen molar-refractivity contribution in [1.82, 2.24) is 4.90 Å². The van der Waals surface area contributed by atoms with Gasteiger partial charge in [-0.1, -0.05) is 17.7 Å². The number of carboxylic acids is 1. The van der Waals surface area contributed by atoms with Crippen LogP contribution in [0.3, 0.4) is 0 Å². The van der Waals surface area contributed by atoms with Crippen LogP contribution in [0.5, 0.6) is 0 Å². The zero-order valence-corrected chi connectivity index (χ0v) is 12.7. The molecule has 1 heterocycles. The van der Waals surface area contributed by atoms with Gasteiger partial charge in [0.1, 0.15) is 5.82 Å². The Labute approximate surface area is 132 Å². The summed E-state index contributed by atoms with van der Waals surface area (Å²) in [6, 6.07) is 4.31. The second-order valence-corrected chi connectivity index (χ2v) is 6.53. The van der Waals surface area contributed by atoms with Crippen molar-refractivity contribution in [3.05, 3.63) is 34.6 Å². The SMILES string of the molecule is O=C(O)[C@H]1CN(C(=O)Cc2c(F)cccc2Cl)C[C@@H]1C1CC1. The summed E-state index contributed by atoms with van der Waals surface area (Å²) < 4.78 is 13.8. The highest BCUT2D eigenvalue weighted by Gasteiger charge is 2.46. The van der Waals surface area contributed by atoms with Gasteiger partial charge in [0.15, 0.2) is 0 Å². The Morgan fingerprint density at radius 3 is 2.64 bits per heavy atom. The number of benzene rings is 1. The van der Waals surface area contributed by atoms with E-state index in [4.69, 9.17) is 11.6 Å². The molecular weight excluding hydrogens is 309 g/mol. The van der Waals surface area contributed by atoms with Crippen LogP contribution in [0.15, 0.2) is 18.2 Å². The van der Waals surface area contributed by atoms with Crippen LogP contribution in [0.4, 0.5) is 4.39 Å². The van der Waals surface area contributed by atoms with Crippen molar-refractivity contribution in [2.45, 2.75) is 19.3 Å². The molecule has 1 amide bonds. The average molecular weight is 326 g/mol. The van der Waals surface area contributed by atoms with Crippen molar-refractivity contribution in [2.24, 2.45) is 17.8 Å². The van der Waals surface area contributed by atoms with Gasteiger partial charge in [-0.15, -0.1) is 0 Å². The van der Waals surface area contributed by atoms with Gasteiger partial charge in [0.2, 0.25) is 5.91 Å². The monoisotopic (exact) mass is 325 g/mol. The van der Waals surface area contributed by atoms with Crippen molar-refractivity contribution in [1.29, 1.82) is 0 Å². The maximum Gasteiger partial charge on any atom is 0.308 e. The second-order valence-electron chi connectivity index (χ2n) is 6.12. The summed E-state index contributed by atoms with van der Waals surface area (Å²) in [5.74, 6) is -1.69. The highest BCUT2D eigenvalue weighted by molar-refractivity contribution is 6.31. The fourth-order valence-electron chi connectivity index (χ4n) is 3.26. The van der Waals surface area contributed by atoms with Crippen LogP contribution < -0.4 is 0 Å². The van der Waals surface area contributed by atoms with Gasteiger partial charge in [-0.2, -0.15) is 0 Å². The number of aliphatic carboxylic acids is 1. The molecule has 22 heavy (non-hydrogen) atoms. The highest BCUT2D eigenvalue weighted by Crippen LogP contribution is 2.44. The third kappa shape index (κ3) is 2.95. The Hall–Kier alpha value is -1.62. The van der Waals surface area contributed by atoms with Crippen molar-refractivity contribution in [2.75, 3.05) is 13.1 Å². The molecular formula is C16H17ClFNO3. The largest absolute Gasteiger partial charge is 0.481 e. The van der Waals surface area contributed by atoms with E-state index in [2.05, 4.69) is 0 Å². The molecule has 118 valence electrons. The predicted octanol–water partition coefficient (Wildman–Crippen LogP) is 2.59. The van der Waals surface area contributed by atoms with Crippen LogP contribution in [-0.2, 0) is 16.0 Å². The number of hydrogen-bond acceptors (Lipinski definition) is 2. The third-order valence-electron chi connectivity index (χ3n) is 4.65. The van der Waals surface area contributed by atoms with E-state index >= 15 is 0 Å². The Morgan fingerprint density at radius 1 is 1.32 bits per heavy atom. The fraction of sp³-hybridized carbons (Fsp3) is 0.500. The summed E-state index contributed by atoms with van der Waals surface area (Å²) in [4.78, 5) is 25.3. The van der Waals surface area contributed by atoms with Crippen molar-refractivity contribution >= 4 is 23.5 Å². The van der Waals surface area contributed by atoms with Gasteiger partial charge in [0.05, 0.1) is 12.3 Å². The van der Waals surface area contributed by atoms with E-state index in [-0.39, 0.29) is 35.4 Å². The standard InChI is InChI=1S/C16H17ClFNO3/c17-13-2-1-3-14(18)10(13)6-15(20)19-7-11(9-4-5-9)12(8-19)16(21)22/h1-3,9,11-12H,4-8H2,(H,21,22)/t11-,12+/m1/s1. The van der Waals surface area contributed by atoms with Gasteiger partial charge < -0.3 is 10.0 Å². The average Bonchev–Trinajstić information content (AvgIpc) is 3.21. The number of halogens is 2. The molecule has 1 aliphatic carbocycles. The number of likely N-dealkylation sites (tertiary alicyclic amines) is 1. The maximum atomic E-state index is 13.8. The molecule has 0 bridgehead atoms. The van der Waals surface area contributed by atoms with E-state index < -0.39 is 17.7 Å². The number of carboxylic acid groups (broad SMARTS) is 1. The van der Waals surface area contributed by atoms with Gasteiger partial charge in [-0.3, -0.25) is 9.59 Å². The number of hydrogen-bond donors (Lipinski definition) is 1. The summed E-state index contributed by atoms with van der Waals surface area (Å²) in [7, 11) is 0. The molecule has 1 N–H and O–H groups in total. The number of rotatable bonds is 4. The summed E-state index contributed by atoms with van der Waals surface area (Å²) in [6.45, 7) is 0.661. The molecule has 1 aromatic rings. The lowest BCUT2D eigenvalue weighted by Crippen LogP contribution is -2.31. The molecule has 1 aliphatic heterocycles. The topological polar surface area (TPSA) is 57.6 Å². The summed E-state index contributed by atoms with van der Waals surface area (Å²) in [6.07, 6.45) is 1.94. The highest BCUT2D eigenvalue weighted by atomic mass is 35.5. The maximum absolute atomic E-state index is 13.8. The lowest BCUT2D eigenvalue weighted by atomic mass is 9.92. The van der Waals surface area contributed by atoms with Gasteiger partial charge in [0, 0.05) is 23.7 Å². The molecule has 2 fully saturated rings. The van der Waals surface area contributed by atoms with Crippen LogP contribution in [0.1, 0.15) is 18.4 Å². The van der Waals surface area contributed by atoms with Crippen LogP contribution in [0, 0.1) is 23.6 Å². The van der Waals surface area contributed by atoms with E-state index in [9.17, 15) is 19.1 Å². The minimum Gasteiger partial charge on any atom is -0.481 e. The summed E-state index contributed by atoms with van der Waals surface area (Å²) >= 11 is 5.94. The Bertz CT molecular complexity index is 597. The molecule has 2 atom stereocenters. The first kappa shape index (κ1) is 15.3. The molecule has 2 aliphatic rings. The molecule has 1 aromatic carbocycles. The number of nitrogens with zero attached hydrogens (tertiary/aromatic N) is 1. The van der Waals surface area contributed by atoms with E-state index in [1.165, 1.54) is 12.1 Å². The van der Waals surface area contributed by atoms with Crippen LogP contribution in [0.25, 0.3) is 0 Å². The molecule has 4 nitrogen and oxygen atoms in total. The molecule has 1 saturated carbocycles. The normalized spacial score (nSPS) is 24.5. The van der Waals surface area contributed by atoms with E-state index in [1.807, 2.05) is 0 Å². The smallest absolute Gasteiger partial charge is 0.308 e. The second kappa shape index (κ2) is 5.88.